The smallest absolute Gasteiger partial charge is 0.387 e. The van der Waals surface area contributed by atoms with Crippen molar-refractivity contribution in [3.63, 3.8) is 0 Å². The Hall–Kier alpha value is -2.25. The fraction of sp³-hybridized carbons (Fsp3) is 0.188. The summed E-state index contributed by atoms with van der Waals surface area (Å²) < 4.78 is 33.4. The highest BCUT2D eigenvalue weighted by Gasteiger charge is 2.10. The van der Waals surface area contributed by atoms with Crippen molar-refractivity contribution in [3.8, 4) is 11.5 Å². The van der Waals surface area contributed by atoms with Crippen LogP contribution < -0.4 is 20.1 Å². The topological polar surface area (TPSA) is 59.6 Å². The first-order chi connectivity index (χ1) is 11.9. The monoisotopic (exact) mass is 390 g/mol. The highest BCUT2D eigenvalue weighted by Crippen LogP contribution is 2.35. The lowest BCUT2D eigenvalue weighted by Crippen LogP contribution is -2.21. The molecule has 0 unspecified atom stereocenters. The molecule has 0 heterocycles. The van der Waals surface area contributed by atoms with E-state index in [2.05, 4.69) is 15.4 Å². The Balaban J connectivity index is 1.90. The highest BCUT2D eigenvalue weighted by molar-refractivity contribution is 6.37. The summed E-state index contributed by atoms with van der Waals surface area (Å²) in [4.78, 5) is 11.9. The number of alkyl halides is 2. The van der Waals surface area contributed by atoms with Gasteiger partial charge in [0.15, 0.2) is 5.75 Å². The number of anilines is 2. The van der Waals surface area contributed by atoms with E-state index in [0.29, 0.717) is 27.2 Å². The van der Waals surface area contributed by atoms with Crippen LogP contribution in [0.2, 0.25) is 10.0 Å². The molecular formula is C16H14Cl2F2N2O3. The molecule has 2 N–H and O–H groups in total. The third kappa shape index (κ3) is 5.65. The summed E-state index contributed by atoms with van der Waals surface area (Å²) in [5.41, 5.74) is 0.992. The molecule has 0 aliphatic heterocycles. The summed E-state index contributed by atoms with van der Waals surface area (Å²) >= 11 is 12.0. The second kappa shape index (κ2) is 8.73. The van der Waals surface area contributed by atoms with E-state index < -0.39 is 6.61 Å². The first kappa shape index (κ1) is 19.1. The van der Waals surface area contributed by atoms with Gasteiger partial charge in [-0.3, -0.25) is 4.79 Å². The van der Waals surface area contributed by atoms with E-state index in [4.69, 9.17) is 27.9 Å². The van der Waals surface area contributed by atoms with E-state index >= 15 is 0 Å². The van der Waals surface area contributed by atoms with Crippen molar-refractivity contribution >= 4 is 40.5 Å². The number of nitrogens with one attached hydrogen (secondary N) is 2. The van der Waals surface area contributed by atoms with Gasteiger partial charge in [-0.1, -0.05) is 23.2 Å². The van der Waals surface area contributed by atoms with E-state index in [1.165, 1.54) is 31.4 Å². The van der Waals surface area contributed by atoms with Gasteiger partial charge in [0.1, 0.15) is 5.75 Å². The van der Waals surface area contributed by atoms with Crippen LogP contribution in [0.1, 0.15) is 0 Å². The molecule has 0 atom stereocenters. The molecule has 0 aliphatic carbocycles. The van der Waals surface area contributed by atoms with Gasteiger partial charge in [0, 0.05) is 11.4 Å². The second-order valence-electron chi connectivity index (χ2n) is 4.78. The zero-order chi connectivity index (χ0) is 18.4. The molecule has 25 heavy (non-hydrogen) atoms. The maximum absolute atomic E-state index is 12.1. The van der Waals surface area contributed by atoms with Crippen LogP contribution in [0.15, 0.2) is 36.4 Å². The number of hydrogen-bond donors (Lipinski definition) is 2. The summed E-state index contributed by atoms with van der Waals surface area (Å²) in [7, 11) is 1.45. The van der Waals surface area contributed by atoms with Gasteiger partial charge in [-0.2, -0.15) is 8.78 Å². The molecule has 0 spiro atoms. The van der Waals surface area contributed by atoms with Crippen LogP contribution >= 0.6 is 23.2 Å². The predicted molar refractivity (Wildman–Crippen MR) is 93.2 cm³/mol. The Bertz CT molecular complexity index is 720. The third-order valence-corrected chi connectivity index (χ3v) is 3.58. The van der Waals surface area contributed by atoms with Crippen LogP contribution in [0, 0.1) is 0 Å². The molecule has 0 fully saturated rings. The Kier molecular flexibility index (Phi) is 6.66. The van der Waals surface area contributed by atoms with Gasteiger partial charge >= 0.3 is 6.61 Å². The largest absolute Gasteiger partial charge is 0.494 e. The summed E-state index contributed by atoms with van der Waals surface area (Å²) in [6.45, 7) is -2.94. The molecule has 2 aromatic carbocycles. The molecule has 0 bridgehead atoms. The second-order valence-corrected chi connectivity index (χ2v) is 5.59. The number of benzene rings is 2. The lowest BCUT2D eigenvalue weighted by Gasteiger charge is -2.11. The number of hydrogen-bond acceptors (Lipinski definition) is 4. The molecule has 134 valence electrons. The molecule has 0 radical (unpaired) electrons. The molecule has 0 aliphatic rings. The maximum Gasteiger partial charge on any atom is 0.387 e. The van der Waals surface area contributed by atoms with Crippen LogP contribution in [0.3, 0.4) is 0 Å². The molecule has 2 rings (SSSR count). The van der Waals surface area contributed by atoms with Crippen LogP contribution in [0.5, 0.6) is 11.5 Å². The van der Waals surface area contributed by atoms with Crippen molar-refractivity contribution in [2.45, 2.75) is 6.61 Å². The van der Waals surface area contributed by atoms with Gasteiger partial charge < -0.3 is 20.1 Å². The van der Waals surface area contributed by atoms with Crippen LogP contribution in [0.25, 0.3) is 0 Å². The number of ether oxygens (including phenoxy) is 2. The number of carbonyl (C=O) groups excluding carboxylic acids is 1. The maximum atomic E-state index is 12.1. The Morgan fingerprint density at radius 2 is 1.72 bits per heavy atom. The van der Waals surface area contributed by atoms with Crippen molar-refractivity contribution in [2.75, 3.05) is 24.3 Å². The number of methoxy groups -OCH3 is 1. The molecule has 2 aromatic rings. The quantitative estimate of drug-likeness (QED) is 0.721. The molecular weight excluding hydrogens is 377 g/mol. The number of carbonyl (C=O) groups is 1. The molecule has 1 amide bonds. The Morgan fingerprint density at radius 3 is 2.24 bits per heavy atom. The number of halogens is 4. The fourth-order valence-electron chi connectivity index (χ4n) is 1.96. The predicted octanol–water partition coefficient (Wildman–Crippen LogP) is 4.65. The number of rotatable bonds is 7. The van der Waals surface area contributed by atoms with Crippen LogP contribution in [0.4, 0.5) is 20.2 Å². The molecule has 0 saturated heterocycles. The normalized spacial score (nSPS) is 10.5. The van der Waals surface area contributed by atoms with Gasteiger partial charge in [-0.05, 0) is 36.4 Å². The molecule has 9 heteroatoms. The van der Waals surface area contributed by atoms with E-state index in [1.54, 1.807) is 12.1 Å². The standard InChI is InChI=1S/C16H14Cl2F2N2O3/c1-24-15-12(17)6-10(7-13(15)18)21-8-14(23)22-9-2-4-11(5-3-9)25-16(19)20/h2-7,16,21H,8H2,1H3,(H,22,23). The van der Waals surface area contributed by atoms with Gasteiger partial charge in [0.25, 0.3) is 0 Å². The summed E-state index contributed by atoms with van der Waals surface area (Å²) in [5.74, 6) is 0.0173. The first-order valence-corrected chi connectivity index (χ1v) is 7.76. The molecule has 0 aromatic heterocycles. The average molecular weight is 391 g/mol. The first-order valence-electron chi connectivity index (χ1n) is 7.00. The van der Waals surface area contributed by atoms with Gasteiger partial charge in [-0.25, -0.2) is 0 Å². The van der Waals surface area contributed by atoms with Crippen LogP contribution in [-0.4, -0.2) is 26.2 Å². The summed E-state index contributed by atoms with van der Waals surface area (Å²) in [5, 5.41) is 6.11. The Labute approximate surface area is 152 Å². The van der Waals surface area contributed by atoms with Gasteiger partial charge in [0.05, 0.1) is 23.7 Å². The Morgan fingerprint density at radius 1 is 1.12 bits per heavy atom. The fourth-order valence-corrected chi connectivity index (χ4v) is 2.61. The minimum atomic E-state index is -2.90. The van der Waals surface area contributed by atoms with Crippen molar-refractivity contribution in [1.29, 1.82) is 0 Å². The lowest BCUT2D eigenvalue weighted by molar-refractivity contribution is -0.114. The number of amides is 1. The minimum Gasteiger partial charge on any atom is -0.494 e. The van der Waals surface area contributed by atoms with Crippen LogP contribution in [-0.2, 0) is 4.79 Å². The van der Waals surface area contributed by atoms with Crippen molar-refractivity contribution in [3.05, 3.63) is 46.4 Å². The zero-order valence-corrected chi connectivity index (χ0v) is 14.5. The lowest BCUT2D eigenvalue weighted by atomic mass is 10.3. The average Bonchev–Trinajstić information content (AvgIpc) is 2.54. The third-order valence-electron chi connectivity index (χ3n) is 3.02. The van der Waals surface area contributed by atoms with E-state index in [-0.39, 0.29) is 18.2 Å². The van der Waals surface area contributed by atoms with E-state index in [1.807, 2.05) is 0 Å². The SMILES string of the molecule is COc1c(Cl)cc(NCC(=O)Nc2ccc(OC(F)F)cc2)cc1Cl. The van der Waals surface area contributed by atoms with Crippen molar-refractivity contribution in [2.24, 2.45) is 0 Å². The summed E-state index contributed by atoms with van der Waals surface area (Å²) in [6.07, 6.45) is 0. The molecule has 5 nitrogen and oxygen atoms in total. The minimum absolute atomic E-state index is 0.00800. The van der Waals surface area contributed by atoms with Crippen molar-refractivity contribution in [1.82, 2.24) is 0 Å². The van der Waals surface area contributed by atoms with E-state index in [9.17, 15) is 13.6 Å². The van der Waals surface area contributed by atoms with Gasteiger partial charge in [0.2, 0.25) is 5.91 Å². The molecule has 0 saturated carbocycles. The van der Waals surface area contributed by atoms with Crippen molar-refractivity contribution < 1.29 is 23.0 Å². The summed E-state index contributed by atoms with van der Waals surface area (Å²) in [6, 6.07) is 8.73. The zero-order valence-electron chi connectivity index (χ0n) is 13.0. The van der Waals surface area contributed by atoms with E-state index in [0.717, 1.165) is 0 Å². The highest BCUT2D eigenvalue weighted by atomic mass is 35.5. The van der Waals surface area contributed by atoms with Gasteiger partial charge in [-0.15, -0.1) is 0 Å².